The molecule has 0 saturated carbocycles. The van der Waals surface area contributed by atoms with Gasteiger partial charge in [-0.15, -0.1) is 0 Å². The van der Waals surface area contributed by atoms with Crippen LogP contribution in [-0.4, -0.2) is 20.8 Å². The van der Waals surface area contributed by atoms with Crippen LogP contribution in [0.1, 0.15) is 55.4 Å². The summed E-state index contributed by atoms with van der Waals surface area (Å²) in [7, 11) is -2.89. The van der Waals surface area contributed by atoms with E-state index in [1.807, 2.05) is 12.1 Å². The van der Waals surface area contributed by atoms with Gasteiger partial charge in [-0.25, -0.2) is 0 Å². The quantitative estimate of drug-likeness (QED) is 0.642. The van der Waals surface area contributed by atoms with Gasteiger partial charge in [-0.1, -0.05) is 102 Å². The molecule has 27 heavy (non-hydrogen) atoms. The average Bonchev–Trinajstić information content (AvgIpc) is 2.60. The van der Waals surface area contributed by atoms with E-state index in [-0.39, 0.29) is 23.0 Å². The Bertz CT molecular complexity index is 635. The summed E-state index contributed by atoms with van der Waals surface area (Å²) in [4.78, 5) is 0. The van der Waals surface area contributed by atoms with Gasteiger partial charge in [0.1, 0.15) is 0 Å². The first-order valence-corrected chi connectivity index (χ1v) is 11.7. The molecular weight excluding hydrogens is 348 g/mol. The van der Waals surface area contributed by atoms with Gasteiger partial charge < -0.3 is 8.85 Å². The standard InChI is InChI=1S/C24H36O2Si/c1-19(23(3,4)5)25-27(21-15-11-9-12-16-21,22-17-13-10-14-18-22)26-20(2)24(6,7)8/h9-20H,1-8H3. The van der Waals surface area contributed by atoms with Gasteiger partial charge in [0, 0.05) is 12.2 Å². The molecule has 2 atom stereocenters. The van der Waals surface area contributed by atoms with Crippen molar-refractivity contribution in [2.24, 2.45) is 10.8 Å². The summed E-state index contributed by atoms with van der Waals surface area (Å²) >= 11 is 0. The van der Waals surface area contributed by atoms with Crippen LogP contribution in [0.25, 0.3) is 0 Å². The Morgan fingerprint density at radius 3 is 1.15 bits per heavy atom. The summed E-state index contributed by atoms with van der Waals surface area (Å²) in [6, 6.07) is 21.0. The molecule has 0 N–H and O–H groups in total. The van der Waals surface area contributed by atoms with Crippen molar-refractivity contribution in [3.8, 4) is 0 Å². The number of hydrogen-bond acceptors (Lipinski definition) is 2. The van der Waals surface area contributed by atoms with E-state index in [4.69, 9.17) is 8.85 Å². The van der Waals surface area contributed by atoms with E-state index in [0.717, 1.165) is 10.4 Å². The monoisotopic (exact) mass is 384 g/mol. The third-order valence-electron chi connectivity index (χ3n) is 5.43. The molecule has 0 spiro atoms. The predicted molar refractivity (Wildman–Crippen MR) is 118 cm³/mol. The molecule has 3 heteroatoms. The lowest BCUT2D eigenvalue weighted by molar-refractivity contribution is 0.0221. The molecule has 0 aromatic heterocycles. The minimum atomic E-state index is -2.89. The van der Waals surface area contributed by atoms with Crippen LogP contribution in [0.15, 0.2) is 60.7 Å². The lowest BCUT2D eigenvalue weighted by Crippen LogP contribution is -2.67. The molecule has 0 fully saturated rings. The summed E-state index contributed by atoms with van der Waals surface area (Å²) < 4.78 is 13.9. The first kappa shape index (κ1) is 21.9. The molecular formula is C24H36O2Si. The van der Waals surface area contributed by atoms with Gasteiger partial charge in [0.15, 0.2) is 0 Å². The van der Waals surface area contributed by atoms with E-state index in [2.05, 4.69) is 104 Å². The van der Waals surface area contributed by atoms with E-state index in [1.54, 1.807) is 0 Å². The summed E-state index contributed by atoms with van der Waals surface area (Å²) in [6.07, 6.45) is 0.105. The van der Waals surface area contributed by atoms with Crippen molar-refractivity contribution >= 4 is 18.9 Å². The van der Waals surface area contributed by atoms with Gasteiger partial charge in [-0.3, -0.25) is 0 Å². The number of rotatable bonds is 6. The molecule has 0 aliphatic rings. The van der Waals surface area contributed by atoms with E-state index < -0.39 is 8.56 Å². The fourth-order valence-electron chi connectivity index (χ4n) is 2.63. The predicted octanol–water partition coefficient (Wildman–Crippen LogP) is 5.15. The van der Waals surface area contributed by atoms with E-state index in [9.17, 15) is 0 Å². The van der Waals surface area contributed by atoms with Gasteiger partial charge in [0.2, 0.25) is 0 Å². The van der Waals surface area contributed by atoms with Crippen molar-refractivity contribution in [2.75, 3.05) is 0 Å². The first-order chi connectivity index (χ1) is 12.5. The van der Waals surface area contributed by atoms with Crippen molar-refractivity contribution in [1.29, 1.82) is 0 Å². The first-order valence-electron chi connectivity index (χ1n) is 9.93. The highest BCUT2D eigenvalue weighted by Gasteiger charge is 2.48. The summed E-state index contributed by atoms with van der Waals surface area (Å²) in [5, 5.41) is 2.31. The molecule has 0 bridgehead atoms. The molecule has 0 amide bonds. The van der Waals surface area contributed by atoms with Crippen LogP contribution < -0.4 is 10.4 Å². The van der Waals surface area contributed by atoms with Crippen molar-refractivity contribution in [3.63, 3.8) is 0 Å². The highest BCUT2D eigenvalue weighted by atomic mass is 28.4. The van der Waals surface area contributed by atoms with Gasteiger partial charge in [-0.2, -0.15) is 0 Å². The fraction of sp³-hybridized carbons (Fsp3) is 0.500. The zero-order valence-electron chi connectivity index (χ0n) is 18.2. The van der Waals surface area contributed by atoms with Crippen molar-refractivity contribution in [2.45, 2.75) is 67.6 Å². The second-order valence-electron chi connectivity index (χ2n) is 9.60. The summed E-state index contributed by atoms with van der Waals surface area (Å²) in [6.45, 7) is 17.7. The van der Waals surface area contributed by atoms with Crippen molar-refractivity contribution < 1.29 is 8.85 Å². The number of hydrogen-bond donors (Lipinski definition) is 0. The Morgan fingerprint density at radius 1 is 0.593 bits per heavy atom. The maximum absolute atomic E-state index is 6.96. The molecule has 0 heterocycles. The van der Waals surface area contributed by atoms with Crippen LogP contribution >= 0.6 is 0 Å². The topological polar surface area (TPSA) is 18.5 Å². The highest BCUT2D eigenvalue weighted by Crippen LogP contribution is 2.29. The normalized spacial score (nSPS) is 15.4. The Labute approximate surface area is 167 Å². The smallest absolute Gasteiger partial charge is 0.384 e. The molecule has 2 aromatic rings. The Hall–Kier alpha value is -1.42. The molecule has 0 aliphatic heterocycles. The molecule has 2 nitrogen and oxygen atoms in total. The van der Waals surface area contributed by atoms with Crippen LogP contribution in [0.3, 0.4) is 0 Å². The van der Waals surface area contributed by atoms with Crippen LogP contribution in [0.4, 0.5) is 0 Å². The van der Waals surface area contributed by atoms with Gasteiger partial charge in [-0.05, 0) is 35.1 Å². The molecule has 0 aliphatic carbocycles. The SMILES string of the molecule is CC(O[Si](OC(C)C(C)(C)C)(c1ccccc1)c1ccccc1)C(C)(C)C. The number of benzene rings is 2. The second kappa shape index (κ2) is 8.30. The molecule has 2 rings (SSSR count). The van der Waals surface area contributed by atoms with E-state index >= 15 is 0 Å². The largest absolute Gasteiger partial charge is 0.407 e. The second-order valence-corrected chi connectivity index (χ2v) is 12.5. The Balaban J connectivity index is 2.65. The molecule has 2 unspecified atom stereocenters. The maximum Gasteiger partial charge on any atom is 0.407 e. The third kappa shape index (κ3) is 5.31. The molecule has 2 aromatic carbocycles. The lowest BCUT2D eigenvalue weighted by atomic mass is 9.91. The Kier molecular flexibility index (Phi) is 6.72. The minimum Gasteiger partial charge on any atom is -0.384 e. The molecule has 0 saturated heterocycles. The van der Waals surface area contributed by atoms with Gasteiger partial charge >= 0.3 is 8.56 Å². The zero-order chi connectivity index (χ0) is 20.3. The maximum atomic E-state index is 6.96. The van der Waals surface area contributed by atoms with E-state index in [0.29, 0.717) is 0 Å². The lowest BCUT2D eigenvalue weighted by Gasteiger charge is -2.42. The third-order valence-corrected chi connectivity index (χ3v) is 8.99. The molecule has 148 valence electrons. The van der Waals surface area contributed by atoms with Gasteiger partial charge in [0.25, 0.3) is 0 Å². The summed E-state index contributed by atoms with van der Waals surface area (Å²) in [5.41, 5.74) is 0.0479. The van der Waals surface area contributed by atoms with Crippen LogP contribution in [0, 0.1) is 10.8 Å². The zero-order valence-corrected chi connectivity index (χ0v) is 19.2. The van der Waals surface area contributed by atoms with Crippen molar-refractivity contribution in [1.82, 2.24) is 0 Å². The van der Waals surface area contributed by atoms with E-state index in [1.165, 1.54) is 0 Å². The average molecular weight is 385 g/mol. The van der Waals surface area contributed by atoms with Gasteiger partial charge in [0.05, 0.1) is 0 Å². The minimum absolute atomic E-state index is 0.0239. The summed E-state index contributed by atoms with van der Waals surface area (Å²) in [5.74, 6) is 0. The molecule has 0 radical (unpaired) electrons. The van der Waals surface area contributed by atoms with Crippen LogP contribution in [0.2, 0.25) is 0 Å². The van der Waals surface area contributed by atoms with Crippen LogP contribution in [-0.2, 0) is 8.85 Å². The van der Waals surface area contributed by atoms with Crippen molar-refractivity contribution in [3.05, 3.63) is 60.7 Å². The fourth-order valence-corrected chi connectivity index (χ4v) is 6.53. The highest BCUT2D eigenvalue weighted by molar-refractivity contribution is 6.92. The Morgan fingerprint density at radius 2 is 0.889 bits per heavy atom. The van der Waals surface area contributed by atoms with Crippen LogP contribution in [0.5, 0.6) is 0 Å².